The number of halogens is 1. The van der Waals surface area contributed by atoms with Gasteiger partial charge in [-0.2, -0.15) is 0 Å². The molecule has 0 saturated heterocycles. The molecule has 0 saturated carbocycles. The Morgan fingerprint density at radius 2 is 1.84 bits per heavy atom. The number of fused-ring (bicyclic) bond motifs is 3. The molecule has 0 bridgehead atoms. The Balaban J connectivity index is 2.21. The van der Waals surface area contributed by atoms with E-state index in [1.807, 2.05) is 30.3 Å². The van der Waals surface area contributed by atoms with Gasteiger partial charge in [-0.3, -0.25) is 9.59 Å². The van der Waals surface area contributed by atoms with Crippen LogP contribution in [-0.2, 0) is 4.79 Å². The zero-order valence-electron chi connectivity index (χ0n) is 10.2. The van der Waals surface area contributed by atoms with Crippen molar-refractivity contribution in [2.45, 2.75) is 6.42 Å². The number of Topliss-reactive ketones (excluding diaryl/α,β-unsaturated/α-hetero) is 1. The largest absolute Gasteiger partial charge is 0.304 e. The zero-order chi connectivity index (χ0) is 13.4. The average molecular weight is 274 g/mol. The SMILES string of the molecule is O=C1C(=O)N(CCCCl)c2c1ccc1ccccc21. The summed E-state index contributed by atoms with van der Waals surface area (Å²) in [4.78, 5) is 25.6. The van der Waals surface area contributed by atoms with E-state index in [0.29, 0.717) is 24.4 Å². The molecule has 4 heteroatoms. The van der Waals surface area contributed by atoms with E-state index in [0.717, 1.165) is 16.5 Å². The molecule has 0 aliphatic carbocycles. The number of anilines is 1. The third-order valence-corrected chi connectivity index (χ3v) is 3.64. The first kappa shape index (κ1) is 12.2. The molecule has 2 aromatic rings. The van der Waals surface area contributed by atoms with Gasteiger partial charge in [0, 0.05) is 17.8 Å². The number of hydrogen-bond acceptors (Lipinski definition) is 2. The molecule has 0 N–H and O–H groups in total. The van der Waals surface area contributed by atoms with Crippen molar-refractivity contribution in [1.29, 1.82) is 0 Å². The second-order valence-corrected chi connectivity index (χ2v) is 4.89. The molecule has 1 aliphatic heterocycles. The van der Waals surface area contributed by atoms with Crippen LogP contribution in [0, 0.1) is 0 Å². The van der Waals surface area contributed by atoms with Crippen molar-refractivity contribution in [2.75, 3.05) is 17.3 Å². The molecule has 0 atom stereocenters. The van der Waals surface area contributed by atoms with Crippen LogP contribution in [0.5, 0.6) is 0 Å². The first-order chi connectivity index (χ1) is 9.24. The van der Waals surface area contributed by atoms with Crippen molar-refractivity contribution >= 4 is 39.8 Å². The van der Waals surface area contributed by atoms with Crippen molar-refractivity contribution in [1.82, 2.24) is 0 Å². The normalized spacial score (nSPS) is 14.3. The van der Waals surface area contributed by atoms with Gasteiger partial charge >= 0.3 is 0 Å². The van der Waals surface area contributed by atoms with Gasteiger partial charge in [0.05, 0.1) is 11.3 Å². The van der Waals surface area contributed by atoms with Gasteiger partial charge in [-0.25, -0.2) is 0 Å². The number of benzene rings is 2. The summed E-state index contributed by atoms with van der Waals surface area (Å²) in [6.07, 6.45) is 0.670. The van der Waals surface area contributed by atoms with Gasteiger partial charge in [0.2, 0.25) is 0 Å². The Kier molecular flexibility index (Phi) is 2.99. The van der Waals surface area contributed by atoms with Crippen molar-refractivity contribution in [3.63, 3.8) is 0 Å². The Labute approximate surface area is 115 Å². The number of rotatable bonds is 3. The fourth-order valence-electron chi connectivity index (χ4n) is 2.50. The zero-order valence-corrected chi connectivity index (χ0v) is 11.0. The van der Waals surface area contributed by atoms with E-state index in [1.165, 1.54) is 0 Å². The van der Waals surface area contributed by atoms with Crippen LogP contribution in [0.25, 0.3) is 10.8 Å². The number of carbonyl (C=O) groups is 2. The molecule has 1 heterocycles. The van der Waals surface area contributed by atoms with E-state index >= 15 is 0 Å². The summed E-state index contributed by atoms with van der Waals surface area (Å²) in [7, 11) is 0. The third-order valence-electron chi connectivity index (χ3n) is 3.37. The second-order valence-electron chi connectivity index (χ2n) is 4.51. The summed E-state index contributed by atoms with van der Waals surface area (Å²) >= 11 is 5.69. The van der Waals surface area contributed by atoms with E-state index in [-0.39, 0.29) is 0 Å². The van der Waals surface area contributed by atoms with E-state index in [9.17, 15) is 9.59 Å². The smallest absolute Gasteiger partial charge is 0.299 e. The van der Waals surface area contributed by atoms with Gasteiger partial charge in [0.1, 0.15) is 0 Å². The second kappa shape index (κ2) is 4.67. The molecular formula is C15H12ClNO2. The van der Waals surface area contributed by atoms with Gasteiger partial charge in [-0.05, 0) is 17.9 Å². The molecule has 0 radical (unpaired) electrons. The van der Waals surface area contributed by atoms with E-state index < -0.39 is 11.7 Å². The maximum absolute atomic E-state index is 12.0. The van der Waals surface area contributed by atoms with Crippen LogP contribution < -0.4 is 4.90 Å². The Bertz CT molecular complexity index is 681. The molecule has 3 rings (SSSR count). The number of ketones is 1. The highest BCUT2D eigenvalue weighted by Crippen LogP contribution is 2.36. The highest BCUT2D eigenvalue weighted by Gasteiger charge is 2.36. The molecule has 0 aromatic heterocycles. The molecule has 2 aromatic carbocycles. The quantitative estimate of drug-likeness (QED) is 0.637. The minimum Gasteiger partial charge on any atom is -0.304 e. The van der Waals surface area contributed by atoms with Crippen molar-refractivity contribution in [3.8, 4) is 0 Å². The lowest BCUT2D eigenvalue weighted by atomic mass is 10.0. The lowest BCUT2D eigenvalue weighted by Crippen LogP contribution is -2.30. The Morgan fingerprint density at radius 3 is 2.63 bits per heavy atom. The first-order valence-corrected chi connectivity index (χ1v) is 6.71. The van der Waals surface area contributed by atoms with Gasteiger partial charge in [0.25, 0.3) is 11.7 Å². The standard InChI is InChI=1S/C15H12ClNO2/c16-8-3-9-17-13-11-5-2-1-4-10(11)6-7-12(13)14(18)15(17)19/h1-2,4-7H,3,8-9H2. The van der Waals surface area contributed by atoms with Crippen LogP contribution in [0.1, 0.15) is 16.8 Å². The van der Waals surface area contributed by atoms with Gasteiger partial charge in [-0.15, -0.1) is 11.6 Å². The molecule has 1 amide bonds. The van der Waals surface area contributed by atoms with E-state index in [2.05, 4.69) is 0 Å². The maximum Gasteiger partial charge on any atom is 0.299 e. The lowest BCUT2D eigenvalue weighted by Gasteiger charge is -2.17. The Hall–Kier alpha value is -1.87. The summed E-state index contributed by atoms with van der Waals surface area (Å²) in [6.45, 7) is 0.481. The van der Waals surface area contributed by atoms with Gasteiger partial charge < -0.3 is 4.90 Å². The summed E-state index contributed by atoms with van der Waals surface area (Å²) in [5.41, 5.74) is 1.23. The number of carbonyl (C=O) groups excluding carboxylic acids is 2. The van der Waals surface area contributed by atoms with Crippen molar-refractivity contribution in [3.05, 3.63) is 42.0 Å². The Morgan fingerprint density at radius 1 is 1.05 bits per heavy atom. The maximum atomic E-state index is 12.0. The molecule has 0 fully saturated rings. The molecule has 19 heavy (non-hydrogen) atoms. The summed E-state index contributed by atoms with van der Waals surface area (Å²) < 4.78 is 0. The number of hydrogen-bond donors (Lipinski definition) is 0. The van der Waals surface area contributed by atoms with Gasteiger partial charge in [0.15, 0.2) is 0 Å². The molecule has 1 aliphatic rings. The van der Waals surface area contributed by atoms with Crippen LogP contribution in [0.3, 0.4) is 0 Å². The van der Waals surface area contributed by atoms with Crippen LogP contribution in [0.4, 0.5) is 5.69 Å². The number of amides is 1. The highest BCUT2D eigenvalue weighted by atomic mass is 35.5. The minimum absolute atomic E-state index is 0.421. The molecule has 0 spiro atoms. The third kappa shape index (κ3) is 1.81. The average Bonchev–Trinajstić information content (AvgIpc) is 2.69. The number of nitrogens with zero attached hydrogens (tertiary/aromatic N) is 1. The van der Waals surface area contributed by atoms with Crippen molar-refractivity contribution in [2.24, 2.45) is 0 Å². The van der Waals surface area contributed by atoms with Gasteiger partial charge in [-0.1, -0.05) is 30.3 Å². The molecular weight excluding hydrogens is 262 g/mol. The van der Waals surface area contributed by atoms with E-state index in [4.69, 9.17) is 11.6 Å². The monoisotopic (exact) mass is 273 g/mol. The molecule has 3 nitrogen and oxygen atoms in total. The van der Waals surface area contributed by atoms with Crippen LogP contribution >= 0.6 is 11.6 Å². The summed E-state index contributed by atoms with van der Waals surface area (Å²) in [5, 5.41) is 1.97. The molecule has 96 valence electrons. The highest BCUT2D eigenvalue weighted by molar-refractivity contribution is 6.53. The summed E-state index contributed by atoms with van der Waals surface area (Å²) in [5.74, 6) is -0.398. The topological polar surface area (TPSA) is 37.4 Å². The van der Waals surface area contributed by atoms with E-state index in [1.54, 1.807) is 11.0 Å². The lowest BCUT2D eigenvalue weighted by molar-refractivity contribution is -0.114. The predicted molar refractivity (Wildman–Crippen MR) is 76.0 cm³/mol. The van der Waals surface area contributed by atoms with Crippen LogP contribution in [-0.4, -0.2) is 24.1 Å². The fraction of sp³-hybridized carbons (Fsp3) is 0.200. The number of alkyl halides is 1. The fourth-order valence-corrected chi connectivity index (χ4v) is 2.62. The molecule has 0 unspecified atom stereocenters. The van der Waals surface area contributed by atoms with Crippen LogP contribution in [0.15, 0.2) is 36.4 Å². The van der Waals surface area contributed by atoms with Crippen LogP contribution in [0.2, 0.25) is 0 Å². The first-order valence-electron chi connectivity index (χ1n) is 6.18. The summed E-state index contributed by atoms with van der Waals surface area (Å²) in [6, 6.07) is 11.4. The minimum atomic E-state index is -0.448. The van der Waals surface area contributed by atoms with Crippen molar-refractivity contribution < 1.29 is 9.59 Å². The predicted octanol–water partition coefficient (Wildman–Crippen LogP) is 3.00.